The van der Waals surface area contributed by atoms with Crippen LogP contribution in [-0.4, -0.2) is 45.1 Å². The largest absolute Gasteiger partial charge is 0.493 e. The highest BCUT2D eigenvalue weighted by molar-refractivity contribution is 6.32. The fourth-order valence-electron chi connectivity index (χ4n) is 2.50. The van der Waals surface area contributed by atoms with Crippen molar-refractivity contribution in [1.29, 1.82) is 0 Å². The molecule has 0 saturated heterocycles. The average molecular weight is 416 g/mol. The van der Waals surface area contributed by atoms with Crippen molar-refractivity contribution in [3.63, 3.8) is 0 Å². The normalized spacial score (nSPS) is 11.4. The molecule has 2 N–H and O–H groups in total. The molecule has 0 bridgehead atoms. The predicted octanol–water partition coefficient (Wildman–Crippen LogP) is 3.66. The van der Waals surface area contributed by atoms with E-state index in [0.29, 0.717) is 28.8 Å². The number of aliphatic hydroxyl groups excluding tert-OH is 1. The number of nitrogens with one attached hydrogen (secondary N) is 1. The van der Waals surface area contributed by atoms with Crippen LogP contribution in [0.25, 0.3) is 0 Å². The summed E-state index contributed by atoms with van der Waals surface area (Å²) in [5, 5.41) is 13.8. The van der Waals surface area contributed by atoms with Crippen molar-refractivity contribution in [3.8, 4) is 17.2 Å². The van der Waals surface area contributed by atoms with E-state index in [1.54, 1.807) is 20.3 Å². The summed E-state index contributed by atoms with van der Waals surface area (Å²) in [6.45, 7) is 3.33. The summed E-state index contributed by atoms with van der Waals surface area (Å²) in [7, 11) is 3.24. The van der Waals surface area contributed by atoms with Gasteiger partial charge in [-0.3, -0.25) is 0 Å². The number of halogens is 2. The minimum absolute atomic E-state index is 0. The lowest BCUT2D eigenvalue weighted by Crippen LogP contribution is -2.32. The number of aliphatic hydroxyl groups is 1. The Bertz CT molecular complexity index is 712. The van der Waals surface area contributed by atoms with E-state index in [2.05, 4.69) is 5.32 Å². The van der Waals surface area contributed by atoms with E-state index in [-0.39, 0.29) is 19.0 Å². The predicted molar refractivity (Wildman–Crippen MR) is 111 cm³/mol. The molecule has 0 spiro atoms. The van der Waals surface area contributed by atoms with Gasteiger partial charge in [0.25, 0.3) is 0 Å². The number of aryl methyl sites for hydroxylation is 1. The average Bonchev–Trinajstić information content (AvgIpc) is 2.65. The van der Waals surface area contributed by atoms with Crippen molar-refractivity contribution in [3.05, 3.63) is 52.5 Å². The Hall–Kier alpha value is -1.66. The Morgan fingerprint density at radius 2 is 1.78 bits per heavy atom. The highest BCUT2D eigenvalue weighted by atomic mass is 35.5. The lowest BCUT2D eigenvalue weighted by Gasteiger charge is -2.15. The van der Waals surface area contributed by atoms with Gasteiger partial charge in [0.15, 0.2) is 11.5 Å². The Morgan fingerprint density at radius 1 is 1.04 bits per heavy atom. The van der Waals surface area contributed by atoms with Gasteiger partial charge >= 0.3 is 0 Å². The summed E-state index contributed by atoms with van der Waals surface area (Å²) in [5.74, 6) is 2.02. The Morgan fingerprint density at radius 3 is 2.48 bits per heavy atom. The third kappa shape index (κ3) is 7.46. The van der Waals surface area contributed by atoms with Crippen molar-refractivity contribution < 1.29 is 19.3 Å². The Kier molecular flexibility index (Phi) is 10.3. The lowest BCUT2D eigenvalue weighted by molar-refractivity contribution is 0.106. The Labute approximate surface area is 172 Å². The van der Waals surface area contributed by atoms with Crippen LogP contribution in [0.1, 0.15) is 11.1 Å². The molecule has 7 heteroatoms. The first-order valence-electron chi connectivity index (χ1n) is 8.52. The van der Waals surface area contributed by atoms with E-state index >= 15 is 0 Å². The molecule has 0 aliphatic rings. The van der Waals surface area contributed by atoms with Gasteiger partial charge in [-0.25, -0.2) is 0 Å². The van der Waals surface area contributed by atoms with Crippen LogP contribution in [0.15, 0.2) is 36.4 Å². The number of methoxy groups -OCH3 is 2. The second-order valence-electron chi connectivity index (χ2n) is 6.04. The van der Waals surface area contributed by atoms with Crippen molar-refractivity contribution in [2.45, 2.75) is 19.4 Å². The van der Waals surface area contributed by atoms with Crippen molar-refractivity contribution >= 4 is 24.0 Å². The molecule has 150 valence electrons. The second-order valence-corrected chi connectivity index (χ2v) is 6.45. The van der Waals surface area contributed by atoms with E-state index in [1.165, 1.54) is 0 Å². The van der Waals surface area contributed by atoms with Gasteiger partial charge in [0.2, 0.25) is 0 Å². The molecule has 1 atom stereocenters. The molecule has 0 heterocycles. The SMILES string of the molecule is COc1ccc(CCNCC(O)COc2cc(C)ccc2Cl)cc1OC.Cl. The summed E-state index contributed by atoms with van der Waals surface area (Å²) >= 11 is 6.08. The van der Waals surface area contributed by atoms with Crippen LogP contribution in [0.3, 0.4) is 0 Å². The van der Waals surface area contributed by atoms with Gasteiger partial charge in [0.05, 0.1) is 19.2 Å². The van der Waals surface area contributed by atoms with Crippen LogP contribution < -0.4 is 19.5 Å². The number of hydrogen-bond acceptors (Lipinski definition) is 5. The molecular formula is C20H27Cl2NO4. The maximum absolute atomic E-state index is 10.1. The van der Waals surface area contributed by atoms with Crippen LogP contribution in [0.4, 0.5) is 0 Å². The fraction of sp³-hybridized carbons (Fsp3) is 0.400. The van der Waals surface area contributed by atoms with Gasteiger partial charge in [-0.2, -0.15) is 0 Å². The van der Waals surface area contributed by atoms with E-state index in [4.69, 9.17) is 25.8 Å². The van der Waals surface area contributed by atoms with Crippen LogP contribution >= 0.6 is 24.0 Å². The second kappa shape index (κ2) is 11.9. The summed E-state index contributed by atoms with van der Waals surface area (Å²) in [5.41, 5.74) is 2.19. The smallest absolute Gasteiger partial charge is 0.160 e. The molecule has 2 rings (SSSR count). The fourth-order valence-corrected chi connectivity index (χ4v) is 2.68. The lowest BCUT2D eigenvalue weighted by atomic mass is 10.1. The minimum Gasteiger partial charge on any atom is -0.493 e. The van der Waals surface area contributed by atoms with E-state index < -0.39 is 6.10 Å². The van der Waals surface area contributed by atoms with E-state index in [1.807, 2.05) is 37.3 Å². The summed E-state index contributed by atoms with van der Waals surface area (Å²) in [6.07, 6.45) is 0.203. The monoisotopic (exact) mass is 415 g/mol. The molecule has 0 saturated carbocycles. The van der Waals surface area contributed by atoms with Crippen LogP contribution in [-0.2, 0) is 6.42 Å². The molecule has 0 radical (unpaired) electrons. The molecule has 2 aromatic carbocycles. The van der Waals surface area contributed by atoms with Crippen LogP contribution in [0.2, 0.25) is 5.02 Å². The van der Waals surface area contributed by atoms with Crippen molar-refractivity contribution in [2.75, 3.05) is 33.9 Å². The van der Waals surface area contributed by atoms with Gasteiger partial charge in [0.1, 0.15) is 18.5 Å². The first-order valence-corrected chi connectivity index (χ1v) is 8.90. The van der Waals surface area contributed by atoms with Crippen LogP contribution in [0, 0.1) is 6.92 Å². The number of benzene rings is 2. The number of ether oxygens (including phenoxy) is 3. The van der Waals surface area contributed by atoms with Crippen LogP contribution in [0.5, 0.6) is 17.2 Å². The molecule has 0 amide bonds. The number of rotatable bonds is 10. The van der Waals surface area contributed by atoms with Gasteiger partial charge in [-0.15, -0.1) is 12.4 Å². The summed E-state index contributed by atoms with van der Waals surface area (Å²) < 4.78 is 16.1. The zero-order chi connectivity index (χ0) is 18.9. The van der Waals surface area contributed by atoms with Crippen molar-refractivity contribution in [2.24, 2.45) is 0 Å². The van der Waals surface area contributed by atoms with Crippen molar-refractivity contribution in [1.82, 2.24) is 5.32 Å². The maximum atomic E-state index is 10.1. The summed E-state index contributed by atoms with van der Waals surface area (Å²) in [6, 6.07) is 11.4. The van der Waals surface area contributed by atoms with Gasteiger partial charge < -0.3 is 24.6 Å². The third-order valence-electron chi connectivity index (χ3n) is 3.94. The maximum Gasteiger partial charge on any atom is 0.160 e. The molecule has 27 heavy (non-hydrogen) atoms. The molecular weight excluding hydrogens is 389 g/mol. The molecule has 1 unspecified atom stereocenters. The topological polar surface area (TPSA) is 60.0 Å². The molecule has 0 fully saturated rings. The quantitative estimate of drug-likeness (QED) is 0.579. The Balaban J connectivity index is 0.00000364. The minimum atomic E-state index is -0.614. The molecule has 0 aliphatic heterocycles. The zero-order valence-corrected chi connectivity index (χ0v) is 17.4. The van der Waals surface area contributed by atoms with E-state index in [0.717, 1.165) is 24.1 Å². The van der Waals surface area contributed by atoms with Gasteiger partial charge in [0, 0.05) is 6.54 Å². The molecule has 5 nitrogen and oxygen atoms in total. The molecule has 0 aliphatic carbocycles. The highest BCUT2D eigenvalue weighted by Gasteiger charge is 2.08. The first kappa shape index (κ1) is 23.4. The van der Waals surface area contributed by atoms with Gasteiger partial charge in [-0.1, -0.05) is 23.7 Å². The first-order chi connectivity index (χ1) is 12.5. The highest BCUT2D eigenvalue weighted by Crippen LogP contribution is 2.27. The summed E-state index contributed by atoms with van der Waals surface area (Å²) in [4.78, 5) is 0. The van der Waals surface area contributed by atoms with Gasteiger partial charge in [-0.05, 0) is 55.3 Å². The molecule has 2 aromatic rings. The molecule has 0 aromatic heterocycles. The standard InChI is InChI=1S/C20H26ClNO4.ClH/c1-14-4-6-17(21)19(10-14)26-13-16(23)12-22-9-8-15-5-7-18(24-2)20(11-15)25-3;/h4-7,10-11,16,22-23H,8-9,12-13H2,1-3H3;1H. The van der Waals surface area contributed by atoms with E-state index in [9.17, 15) is 5.11 Å². The zero-order valence-electron chi connectivity index (χ0n) is 15.8. The number of hydrogen-bond donors (Lipinski definition) is 2. The third-order valence-corrected chi connectivity index (χ3v) is 4.25.